The molecule has 4 rings (SSSR count). The van der Waals surface area contributed by atoms with Crippen molar-refractivity contribution in [3.05, 3.63) is 23.8 Å². The summed E-state index contributed by atoms with van der Waals surface area (Å²) in [4.78, 5) is 25.0. The average Bonchev–Trinajstić information content (AvgIpc) is 2.80. The van der Waals surface area contributed by atoms with Crippen LogP contribution in [0.5, 0.6) is 0 Å². The summed E-state index contributed by atoms with van der Waals surface area (Å²) in [5.74, 6) is 1.16. The minimum Gasteiger partial charge on any atom is -0.481 e. The first-order chi connectivity index (χ1) is 16.3. The van der Waals surface area contributed by atoms with Crippen LogP contribution in [0.3, 0.4) is 0 Å². The molecule has 4 heteroatoms. The number of hydrogen-bond donors (Lipinski definition) is 1. The Morgan fingerprint density at radius 3 is 2.40 bits per heavy atom. The maximum atomic E-state index is 12.8. The van der Waals surface area contributed by atoms with E-state index in [9.17, 15) is 14.7 Å². The third kappa shape index (κ3) is 3.59. The second-order valence-corrected chi connectivity index (χ2v) is 13.5. The molecule has 4 aliphatic rings. The highest BCUT2D eigenvalue weighted by molar-refractivity contribution is 5.76. The molecular weight excluding hydrogens is 436 g/mol. The zero-order valence-corrected chi connectivity index (χ0v) is 23.2. The summed E-state index contributed by atoms with van der Waals surface area (Å²) in [5.41, 5.74) is 2.08. The van der Waals surface area contributed by atoms with Crippen LogP contribution < -0.4 is 0 Å². The molecule has 35 heavy (non-hydrogen) atoms. The van der Waals surface area contributed by atoms with Crippen LogP contribution in [0.2, 0.25) is 0 Å². The maximum Gasteiger partial charge on any atom is 0.310 e. The Labute approximate surface area is 213 Å². The quantitative estimate of drug-likeness (QED) is 0.325. The van der Waals surface area contributed by atoms with Crippen molar-refractivity contribution in [3.8, 4) is 0 Å². The van der Waals surface area contributed by atoms with Crippen LogP contribution in [0, 0.1) is 51.2 Å². The van der Waals surface area contributed by atoms with E-state index in [0.29, 0.717) is 30.1 Å². The number of allylic oxidation sites excluding steroid dienone is 3. The summed E-state index contributed by atoms with van der Waals surface area (Å²) in [5, 5.41) is 10.5. The molecule has 0 spiro atoms. The lowest BCUT2D eigenvalue weighted by Gasteiger charge is -2.69. The molecule has 4 nitrogen and oxygen atoms in total. The molecule has 0 amide bonds. The number of rotatable bonds is 5. The van der Waals surface area contributed by atoms with E-state index in [1.165, 1.54) is 18.3 Å². The van der Waals surface area contributed by atoms with E-state index in [1.54, 1.807) is 0 Å². The number of esters is 1. The number of carbonyl (C=O) groups excluding carboxylic acids is 1. The van der Waals surface area contributed by atoms with Crippen molar-refractivity contribution in [3.63, 3.8) is 0 Å². The highest BCUT2D eigenvalue weighted by Crippen LogP contribution is 2.74. The monoisotopic (exact) mass is 484 g/mol. The Morgan fingerprint density at radius 2 is 1.80 bits per heavy atom. The normalized spacial score (nSPS) is 46.9. The second kappa shape index (κ2) is 8.77. The third-order valence-corrected chi connectivity index (χ3v) is 12.4. The topological polar surface area (TPSA) is 63.6 Å². The largest absolute Gasteiger partial charge is 0.481 e. The summed E-state index contributed by atoms with van der Waals surface area (Å²) in [7, 11) is 1.48. The van der Waals surface area contributed by atoms with Gasteiger partial charge in [-0.2, -0.15) is 0 Å². The van der Waals surface area contributed by atoms with Gasteiger partial charge in [-0.05, 0) is 104 Å². The zero-order chi connectivity index (χ0) is 26.0. The molecule has 0 bridgehead atoms. The number of hydrogen-bond acceptors (Lipinski definition) is 3. The number of fused-ring (bicyclic) bond motifs is 5. The van der Waals surface area contributed by atoms with E-state index in [4.69, 9.17) is 4.74 Å². The number of carboxylic acid groups (broad SMARTS) is 1. The van der Waals surface area contributed by atoms with Gasteiger partial charge in [-0.1, -0.05) is 58.4 Å². The van der Waals surface area contributed by atoms with Crippen LogP contribution in [0.1, 0.15) is 99.3 Å². The van der Waals surface area contributed by atoms with Crippen LogP contribution in [-0.2, 0) is 14.3 Å². The SMILES string of the molecule is C=C(C)C1CC[C@]2(C)C(CC=C3C4[C@@H](C)[C@H](C)CC[C@]4(C(=O)O)CC[C@]32C)[C@@]1(C)CCC(=O)OC. The van der Waals surface area contributed by atoms with Crippen LogP contribution in [0.4, 0.5) is 0 Å². The smallest absolute Gasteiger partial charge is 0.310 e. The maximum absolute atomic E-state index is 12.8. The molecular formula is C31H48O4. The first-order valence-electron chi connectivity index (χ1n) is 13.9. The molecule has 4 aliphatic carbocycles. The Bertz CT molecular complexity index is 934. The Morgan fingerprint density at radius 1 is 1.11 bits per heavy atom. The van der Waals surface area contributed by atoms with Crippen LogP contribution in [0.25, 0.3) is 0 Å². The van der Waals surface area contributed by atoms with Gasteiger partial charge in [0.25, 0.3) is 0 Å². The summed E-state index contributed by atoms with van der Waals surface area (Å²) < 4.78 is 5.03. The molecule has 9 atom stereocenters. The summed E-state index contributed by atoms with van der Waals surface area (Å²) in [6.45, 7) is 18.5. The van der Waals surface area contributed by atoms with Gasteiger partial charge in [-0.25, -0.2) is 0 Å². The first kappa shape index (κ1) is 26.5. The van der Waals surface area contributed by atoms with E-state index in [0.717, 1.165) is 51.4 Å². The molecule has 0 aliphatic heterocycles. The molecule has 1 N–H and O–H groups in total. The van der Waals surface area contributed by atoms with Gasteiger partial charge in [0.05, 0.1) is 12.5 Å². The molecule has 3 saturated carbocycles. The van der Waals surface area contributed by atoms with Gasteiger partial charge in [0.15, 0.2) is 0 Å². The number of carboxylic acids is 1. The van der Waals surface area contributed by atoms with Crippen molar-refractivity contribution in [1.82, 2.24) is 0 Å². The lowest BCUT2D eigenvalue weighted by atomic mass is 9.35. The van der Waals surface area contributed by atoms with E-state index < -0.39 is 11.4 Å². The van der Waals surface area contributed by atoms with Crippen molar-refractivity contribution in [2.45, 2.75) is 99.3 Å². The fraction of sp³-hybridized carbons (Fsp3) is 0.806. The molecule has 0 aromatic heterocycles. The van der Waals surface area contributed by atoms with Gasteiger partial charge in [-0.15, -0.1) is 0 Å². The van der Waals surface area contributed by atoms with Crippen LogP contribution in [0.15, 0.2) is 23.8 Å². The zero-order valence-electron chi connectivity index (χ0n) is 23.2. The van der Waals surface area contributed by atoms with E-state index in [2.05, 4.69) is 54.2 Å². The summed E-state index contributed by atoms with van der Waals surface area (Å²) in [6, 6.07) is 0. The predicted molar refractivity (Wildman–Crippen MR) is 140 cm³/mol. The van der Waals surface area contributed by atoms with Crippen molar-refractivity contribution in [2.24, 2.45) is 51.2 Å². The Hall–Kier alpha value is -1.58. The van der Waals surface area contributed by atoms with Crippen molar-refractivity contribution in [1.29, 1.82) is 0 Å². The van der Waals surface area contributed by atoms with E-state index in [-0.39, 0.29) is 28.1 Å². The van der Waals surface area contributed by atoms with Gasteiger partial charge >= 0.3 is 11.9 Å². The van der Waals surface area contributed by atoms with Crippen molar-refractivity contribution >= 4 is 11.9 Å². The first-order valence-corrected chi connectivity index (χ1v) is 13.9. The van der Waals surface area contributed by atoms with Gasteiger partial charge in [-0.3, -0.25) is 9.59 Å². The fourth-order valence-electron chi connectivity index (χ4n) is 9.86. The fourth-order valence-corrected chi connectivity index (χ4v) is 9.86. The molecule has 0 heterocycles. The van der Waals surface area contributed by atoms with Gasteiger partial charge in [0, 0.05) is 6.42 Å². The predicted octanol–water partition coefficient (Wildman–Crippen LogP) is 7.44. The van der Waals surface area contributed by atoms with Gasteiger partial charge in [0.2, 0.25) is 0 Å². The molecule has 0 radical (unpaired) electrons. The lowest BCUT2D eigenvalue weighted by molar-refractivity contribution is -0.174. The third-order valence-electron chi connectivity index (χ3n) is 12.4. The Balaban J connectivity index is 1.81. The molecule has 196 valence electrons. The lowest BCUT2D eigenvalue weighted by Crippen LogP contribution is -2.62. The minimum atomic E-state index is -0.608. The average molecular weight is 485 g/mol. The Kier molecular flexibility index (Phi) is 6.63. The van der Waals surface area contributed by atoms with Crippen molar-refractivity contribution in [2.75, 3.05) is 7.11 Å². The van der Waals surface area contributed by atoms with Gasteiger partial charge in [0.1, 0.15) is 0 Å². The molecule has 3 fully saturated rings. The highest BCUT2D eigenvalue weighted by atomic mass is 16.5. The molecule has 0 aromatic carbocycles. The molecule has 0 aromatic rings. The van der Waals surface area contributed by atoms with Crippen molar-refractivity contribution < 1.29 is 19.4 Å². The van der Waals surface area contributed by atoms with Crippen LogP contribution >= 0.6 is 0 Å². The second-order valence-electron chi connectivity index (χ2n) is 13.5. The standard InChI is InChI=1S/C31H48O4/c1-19(2)22-12-15-30(7)24(28(22,5)14-13-25(32)35-8)10-9-23-26-21(4)20(3)11-16-31(26,27(33)34)18-17-29(23,30)6/h9,20-22,24,26H,1,10-18H2,2-8H3,(H,33,34)/t20-,21+,22?,24?,26?,28+,29-,30-,31+/m1/s1. The van der Waals surface area contributed by atoms with Gasteiger partial charge < -0.3 is 9.84 Å². The van der Waals surface area contributed by atoms with Crippen LogP contribution in [-0.4, -0.2) is 24.2 Å². The molecule has 3 unspecified atom stereocenters. The van der Waals surface area contributed by atoms with E-state index in [1.807, 2.05) is 0 Å². The number of aliphatic carboxylic acids is 1. The number of carbonyl (C=O) groups is 2. The summed E-state index contributed by atoms with van der Waals surface area (Å²) in [6.07, 6.45) is 10.5. The number of methoxy groups -OCH3 is 1. The summed E-state index contributed by atoms with van der Waals surface area (Å²) >= 11 is 0. The minimum absolute atomic E-state index is 0.0164. The molecule has 0 saturated heterocycles. The number of ether oxygens (including phenoxy) is 1. The van der Waals surface area contributed by atoms with E-state index >= 15 is 0 Å². The highest BCUT2D eigenvalue weighted by Gasteiger charge is 2.67.